The lowest BCUT2D eigenvalue weighted by molar-refractivity contribution is 0.486. The van der Waals surface area contributed by atoms with Crippen molar-refractivity contribution in [3.63, 3.8) is 0 Å². The Morgan fingerprint density at radius 1 is 1.53 bits per heavy atom. The van der Waals surface area contributed by atoms with E-state index >= 15 is 0 Å². The maximum Gasteiger partial charge on any atom is 0.189 e. The molecule has 0 fully saturated rings. The smallest absolute Gasteiger partial charge is 0.189 e. The highest BCUT2D eigenvalue weighted by Gasteiger charge is 2.11. The second-order valence-electron chi connectivity index (χ2n) is 5.36. The zero-order valence-electron chi connectivity index (χ0n) is 11.2. The van der Waals surface area contributed by atoms with Crippen LogP contribution in [0.2, 0.25) is 0 Å². The molecule has 0 aliphatic rings. The van der Waals surface area contributed by atoms with Crippen molar-refractivity contribution in [2.24, 2.45) is 10.7 Å². The fraction of sp³-hybridized carbons (Fsp3) is 0.615. The first-order chi connectivity index (χ1) is 7.87. The summed E-state index contributed by atoms with van der Waals surface area (Å²) in [4.78, 5) is 4.40. The number of aryl methyl sites for hydroxylation is 1. The number of nitrogens with two attached hydrogens (primary N) is 1. The zero-order valence-corrected chi connectivity index (χ0v) is 11.2. The molecule has 0 saturated heterocycles. The Hall–Kier alpha value is -1.45. The normalized spacial score (nSPS) is 14.7. The van der Waals surface area contributed by atoms with Crippen LogP contribution in [0.1, 0.15) is 39.9 Å². The summed E-state index contributed by atoms with van der Waals surface area (Å²) in [5.74, 6) is 1.50. The number of nitrogens with one attached hydrogen (secondary N) is 1. The quantitative estimate of drug-likeness (QED) is 0.624. The fourth-order valence-corrected chi connectivity index (χ4v) is 1.52. The Balaban J connectivity index is 2.37. The van der Waals surface area contributed by atoms with Crippen LogP contribution in [0.25, 0.3) is 0 Å². The number of aliphatic imine (C=N–C) groups is 1. The molecule has 0 spiro atoms. The van der Waals surface area contributed by atoms with Crippen LogP contribution in [0.15, 0.2) is 27.8 Å². The first-order valence-corrected chi connectivity index (χ1v) is 6.00. The third kappa shape index (κ3) is 6.00. The second-order valence-corrected chi connectivity index (χ2v) is 5.36. The first kappa shape index (κ1) is 13.6. The summed E-state index contributed by atoms with van der Waals surface area (Å²) >= 11 is 0. The Labute approximate surface area is 103 Å². The Kier molecular flexibility index (Phi) is 4.61. The minimum absolute atomic E-state index is 0.0473. The molecule has 0 radical (unpaired) electrons. The maximum atomic E-state index is 5.83. The molecule has 17 heavy (non-hydrogen) atoms. The van der Waals surface area contributed by atoms with Gasteiger partial charge in [-0.2, -0.15) is 0 Å². The maximum absolute atomic E-state index is 5.83. The van der Waals surface area contributed by atoms with Gasteiger partial charge >= 0.3 is 0 Å². The van der Waals surface area contributed by atoms with Gasteiger partial charge in [-0.1, -0.05) is 0 Å². The molecule has 3 N–H and O–H groups in total. The Bertz CT molecular complexity index is 349. The molecule has 1 heterocycles. The molecule has 1 aromatic rings. The predicted octanol–water partition coefficient (Wildman–Crippen LogP) is 2.30. The van der Waals surface area contributed by atoms with Gasteiger partial charge < -0.3 is 15.5 Å². The fourth-order valence-electron chi connectivity index (χ4n) is 1.52. The largest absolute Gasteiger partial charge is 0.469 e. The van der Waals surface area contributed by atoms with Crippen LogP contribution in [0.3, 0.4) is 0 Å². The Morgan fingerprint density at radius 3 is 2.76 bits per heavy atom. The van der Waals surface area contributed by atoms with Crippen LogP contribution < -0.4 is 11.1 Å². The molecule has 0 amide bonds. The summed E-state index contributed by atoms with van der Waals surface area (Å²) in [6.07, 6.45) is 3.51. The van der Waals surface area contributed by atoms with E-state index in [-0.39, 0.29) is 11.6 Å². The van der Waals surface area contributed by atoms with Crippen LogP contribution in [-0.4, -0.2) is 17.5 Å². The van der Waals surface area contributed by atoms with Gasteiger partial charge in [0.15, 0.2) is 5.96 Å². The van der Waals surface area contributed by atoms with E-state index in [1.54, 1.807) is 6.26 Å². The molecular formula is C13H23N3O. The Morgan fingerprint density at radius 2 is 2.24 bits per heavy atom. The van der Waals surface area contributed by atoms with Crippen LogP contribution >= 0.6 is 0 Å². The molecule has 0 aliphatic carbocycles. The predicted molar refractivity (Wildman–Crippen MR) is 71.0 cm³/mol. The van der Waals surface area contributed by atoms with Crippen molar-refractivity contribution in [3.05, 3.63) is 24.2 Å². The molecule has 96 valence electrons. The molecule has 1 unspecified atom stereocenters. The molecule has 4 nitrogen and oxygen atoms in total. The molecule has 1 aromatic heterocycles. The van der Waals surface area contributed by atoms with Crippen molar-refractivity contribution >= 4 is 5.96 Å². The van der Waals surface area contributed by atoms with Gasteiger partial charge in [0.2, 0.25) is 0 Å². The van der Waals surface area contributed by atoms with E-state index in [1.165, 1.54) is 0 Å². The average molecular weight is 237 g/mol. The standard InChI is InChI=1S/C13H23N3O/c1-10(7-8-11-6-5-9-17-11)15-12(14)16-13(2,3)4/h5-6,9-10H,7-8H2,1-4H3,(H3,14,15,16). The summed E-state index contributed by atoms with van der Waals surface area (Å²) in [5.41, 5.74) is 5.78. The molecule has 0 bridgehead atoms. The molecule has 1 atom stereocenters. The molecule has 0 saturated carbocycles. The van der Waals surface area contributed by atoms with E-state index in [1.807, 2.05) is 12.1 Å². The van der Waals surface area contributed by atoms with E-state index < -0.39 is 0 Å². The highest BCUT2D eigenvalue weighted by atomic mass is 16.3. The number of nitrogens with zero attached hydrogens (tertiary/aromatic N) is 1. The van der Waals surface area contributed by atoms with Crippen LogP contribution in [0, 0.1) is 0 Å². The molecular weight excluding hydrogens is 214 g/mol. The molecule has 0 aliphatic heterocycles. The monoisotopic (exact) mass is 237 g/mol. The number of hydrogen-bond donors (Lipinski definition) is 2. The highest BCUT2D eigenvalue weighted by molar-refractivity contribution is 5.78. The molecule has 1 rings (SSSR count). The lowest BCUT2D eigenvalue weighted by atomic mass is 10.1. The lowest BCUT2D eigenvalue weighted by Crippen LogP contribution is -2.45. The van der Waals surface area contributed by atoms with Gasteiger partial charge in [-0.3, -0.25) is 4.99 Å². The summed E-state index contributed by atoms with van der Waals surface area (Å²) in [5, 5.41) is 3.15. The summed E-state index contributed by atoms with van der Waals surface area (Å²) in [6, 6.07) is 4.07. The third-order valence-corrected chi connectivity index (χ3v) is 2.25. The van der Waals surface area contributed by atoms with Crippen molar-refractivity contribution in [1.29, 1.82) is 0 Å². The number of hydrogen-bond acceptors (Lipinski definition) is 2. The zero-order chi connectivity index (χ0) is 12.9. The first-order valence-electron chi connectivity index (χ1n) is 6.00. The topological polar surface area (TPSA) is 63.5 Å². The van der Waals surface area contributed by atoms with Gasteiger partial charge in [0, 0.05) is 12.0 Å². The van der Waals surface area contributed by atoms with Gasteiger partial charge in [0.05, 0.1) is 12.3 Å². The van der Waals surface area contributed by atoms with E-state index in [2.05, 4.69) is 38.0 Å². The summed E-state index contributed by atoms with van der Waals surface area (Å²) in [7, 11) is 0. The van der Waals surface area contributed by atoms with E-state index in [9.17, 15) is 0 Å². The average Bonchev–Trinajstić information content (AvgIpc) is 2.63. The van der Waals surface area contributed by atoms with Crippen molar-refractivity contribution in [2.45, 2.75) is 52.1 Å². The van der Waals surface area contributed by atoms with Crippen molar-refractivity contribution in [3.8, 4) is 0 Å². The summed E-state index contributed by atoms with van der Waals surface area (Å²) in [6.45, 7) is 8.23. The van der Waals surface area contributed by atoms with E-state index in [0.717, 1.165) is 18.6 Å². The van der Waals surface area contributed by atoms with Crippen LogP contribution in [0.5, 0.6) is 0 Å². The van der Waals surface area contributed by atoms with Gasteiger partial charge in [-0.05, 0) is 46.2 Å². The minimum Gasteiger partial charge on any atom is -0.469 e. The van der Waals surface area contributed by atoms with E-state index in [4.69, 9.17) is 10.2 Å². The third-order valence-electron chi connectivity index (χ3n) is 2.25. The highest BCUT2D eigenvalue weighted by Crippen LogP contribution is 2.07. The molecule has 0 aromatic carbocycles. The number of furan rings is 1. The van der Waals surface area contributed by atoms with Gasteiger partial charge in [-0.15, -0.1) is 0 Å². The van der Waals surface area contributed by atoms with Crippen molar-refractivity contribution in [2.75, 3.05) is 0 Å². The van der Waals surface area contributed by atoms with Crippen molar-refractivity contribution in [1.82, 2.24) is 5.32 Å². The SMILES string of the molecule is CC(CCc1ccco1)N=C(N)NC(C)(C)C. The molecule has 4 heteroatoms. The van der Waals surface area contributed by atoms with Gasteiger partial charge in [0.25, 0.3) is 0 Å². The summed E-state index contributed by atoms with van der Waals surface area (Å²) < 4.78 is 5.27. The number of guanidine groups is 1. The second kappa shape index (κ2) is 5.75. The van der Waals surface area contributed by atoms with Crippen molar-refractivity contribution < 1.29 is 4.42 Å². The van der Waals surface area contributed by atoms with Crippen LogP contribution in [0.4, 0.5) is 0 Å². The van der Waals surface area contributed by atoms with Gasteiger partial charge in [0.1, 0.15) is 5.76 Å². The van der Waals surface area contributed by atoms with E-state index in [0.29, 0.717) is 5.96 Å². The van der Waals surface area contributed by atoms with Gasteiger partial charge in [-0.25, -0.2) is 0 Å². The minimum atomic E-state index is -0.0473. The lowest BCUT2D eigenvalue weighted by Gasteiger charge is -2.21. The van der Waals surface area contributed by atoms with Crippen LogP contribution in [-0.2, 0) is 6.42 Å². The number of rotatable bonds is 4.